The molecular formula is C10H9N5O. The van der Waals surface area contributed by atoms with Crippen LogP contribution in [-0.4, -0.2) is 21.6 Å². The minimum absolute atomic E-state index is 0.306. The van der Waals surface area contributed by atoms with Crippen LogP contribution in [0.25, 0.3) is 10.7 Å². The summed E-state index contributed by atoms with van der Waals surface area (Å²) in [6, 6.07) is 1.67. The quantitative estimate of drug-likeness (QED) is 0.769. The smallest absolute Gasteiger partial charge is 0.287 e. The minimum Gasteiger partial charge on any atom is -0.493 e. The van der Waals surface area contributed by atoms with Gasteiger partial charge >= 0.3 is 0 Å². The molecule has 6 nitrogen and oxygen atoms in total. The molecule has 0 aliphatic heterocycles. The third kappa shape index (κ3) is 1.66. The summed E-state index contributed by atoms with van der Waals surface area (Å²) in [5.74, 6) is 1.40. The highest BCUT2D eigenvalue weighted by atomic mass is 16.5. The molecule has 2 aromatic heterocycles. The van der Waals surface area contributed by atoms with Crippen LogP contribution in [0, 0.1) is 6.57 Å². The fourth-order valence-corrected chi connectivity index (χ4v) is 1.28. The second-order valence-electron chi connectivity index (χ2n) is 3.05. The molecule has 2 rings (SSSR count). The molecule has 0 saturated heterocycles. The first-order valence-corrected chi connectivity index (χ1v) is 4.46. The van der Waals surface area contributed by atoms with E-state index in [0.29, 0.717) is 23.1 Å². The summed E-state index contributed by atoms with van der Waals surface area (Å²) in [6.07, 6.45) is 4.61. The SMILES string of the molecule is [C-]#[N+]c1cn(-c2ncc(N)cc2OC)cn1. The Morgan fingerprint density at radius 3 is 2.94 bits per heavy atom. The third-order valence-corrected chi connectivity index (χ3v) is 2.00. The summed E-state index contributed by atoms with van der Waals surface area (Å²) in [4.78, 5) is 11.2. The predicted octanol–water partition coefficient (Wildman–Crippen LogP) is 1.41. The molecule has 0 radical (unpaired) electrons. The maximum Gasteiger partial charge on any atom is 0.287 e. The third-order valence-electron chi connectivity index (χ3n) is 2.00. The van der Waals surface area contributed by atoms with E-state index < -0.39 is 0 Å². The molecule has 0 fully saturated rings. The Balaban J connectivity index is 2.51. The van der Waals surface area contributed by atoms with Gasteiger partial charge in [0.25, 0.3) is 5.82 Å². The van der Waals surface area contributed by atoms with Gasteiger partial charge in [0.15, 0.2) is 17.9 Å². The molecule has 0 aromatic carbocycles. The topological polar surface area (TPSA) is 70.3 Å². The highest BCUT2D eigenvalue weighted by Gasteiger charge is 2.09. The number of nitrogens with two attached hydrogens (primary N) is 1. The van der Waals surface area contributed by atoms with Crippen LogP contribution in [0.2, 0.25) is 0 Å². The predicted molar refractivity (Wildman–Crippen MR) is 58.6 cm³/mol. The molecule has 16 heavy (non-hydrogen) atoms. The second kappa shape index (κ2) is 3.90. The van der Waals surface area contributed by atoms with Crippen molar-refractivity contribution in [3.05, 3.63) is 36.2 Å². The van der Waals surface area contributed by atoms with Crippen LogP contribution in [-0.2, 0) is 0 Å². The Kier molecular flexibility index (Phi) is 2.44. The monoisotopic (exact) mass is 215 g/mol. The van der Waals surface area contributed by atoms with Gasteiger partial charge in [-0.15, -0.1) is 4.98 Å². The molecule has 2 heterocycles. The lowest BCUT2D eigenvalue weighted by molar-refractivity contribution is 0.411. The van der Waals surface area contributed by atoms with E-state index in [0.717, 1.165) is 0 Å². The minimum atomic E-state index is 0.306. The number of hydrogen-bond acceptors (Lipinski definition) is 4. The Hall–Kier alpha value is -2.55. The van der Waals surface area contributed by atoms with Gasteiger partial charge in [0.05, 0.1) is 19.0 Å². The fraction of sp³-hybridized carbons (Fsp3) is 0.100. The second-order valence-corrected chi connectivity index (χ2v) is 3.05. The van der Waals surface area contributed by atoms with E-state index in [1.165, 1.54) is 19.6 Å². The van der Waals surface area contributed by atoms with Gasteiger partial charge in [-0.1, -0.05) is 6.57 Å². The molecule has 2 aromatic rings. The largest absolute Gasteiger partial charge is 0.493 e. The average Bonchev–Trinajstić information content (AvgIpc) is 2.77. The molecule has 0 bridgehead atoms. The zero-order chi connectivity index (χ0) is 11.5. The molecule has 0 saturated carbocycles. The van der Waals surface area contributed by atoms with Crippen molar-refractivity contribution in [2.75, 3.05) is 12.8 Å². The standard InChI is InChI=1S/C10H9N5O/c1-12-9-5-15(6-14-9)10-8(16-2)3-7(11)4-13-10/h3-6H,11H2,2H3. The van der Waals surface area contributed by atoms with Crippen molar-refractivity contribution in [2.45, 2.75) is 0 Å². The molecular weight excluding hydrogens is 206 g/mol. The van der Waals surface area contributed by atoms with E-state index >= 15 is 0 Å². The number of pyridine rings is 1. The van der Waals surface area contributed by atoms with Crippen molar-refractivity contribution in [1.82, 2.24) is 14.5 Å². The highest BCUT2D eigenvalue weighted by molar-refractivity contribution is 5.51. The van der Waals surface area contributed by atoms with Crippen LogP contribution in [0.15, 0.2) is 24.8 Å². The van der Waals surface area contributed by atoms with E-state index in [9.17, 15) is 0 Å². The number of ether oxygens (including phenoxy) is 1. The fourth-order valence-electron chi connectivity index (χ4n) is 1.28. The van der Waals surface area contributed by atoms with Crippen molar-refractivity contribution in [3.8, 4) is 11.6 Å². The summed E-state index contributed by atoms with van der Waals surface area (Å²) in [5, 5.41) is 0. The van der Waals surface area contributed by atoms with E-state index in [1.54, 1.807) is 16.8 Å². The van der Waals surface area contributed by atoms with Gasteiger partial charge in [-0.25, -0.2) is 4.98 Å². The van der Waals surface area contributed by atoms with Crippen molar-refractivity contribution in [3.63, 3.8) is 0 Å². The number of nitrogen functional groups attached to an aromatic ring is 1. The van der Waals surface area contributed by atoms with E-state index in [2.05, 4.69) is 14.8 Å². The van der Waals surface area contributed by atoms with Crippen LogP contribution in [0.3, 0.4) is 0 Å². The maximum atomic E-state index is 6.83. The number of anilines is 1. The van der Waals surface area contributed by atoms with Crippen LogP contribution in [0.4, 0.5) is 11.5 Å². The number of rotatable bonds is 2. The number of imidazole rings is 1. The zero-order valence-corrected chi connectivity index (χ0v) is 8.58. The molecule has 80 valence electrons. The Morgan fingerprint density at radius 1 is 1.50 bits per heavy atom. The van der Waals surface area contributed by atoms with Crippen molar-refractivity contribution >= 4 is 11.5 Å². The van der Waals surface area contributed by atoms with Gasteiger partial charge in [-0.2, -0.15) is 0 Å². The van der Waals surface area contributed by atoms with Gasteiger partial charge < -0.3 is 15.3 Å². The van der Waals surface area contributed by atoms with E-state index in [4.69, 9.17) is 17.0 Å². The molecule has 0 spiro atoms. The van der Waals surface area contributed by atoms with Gasteiger partial charge in [0.1, 0.15) is 0 Å². The lowest BCUT2D eigenvalue weighted by atomic mass is 10.4. The number of nitrogens with zero attached hydrogens (tertiary/aromatic N) is 4. The number of methoxy groups -OCH3 is 1. The van der Waals surface area contributed by atoms with Crippen molar-refractivity contribution < 1.29 is 4.74 Å². The first kappa shape index (κ1) is 9.98. The Labute approximate surface area is 92.1 Å². The summed E-state index contributed by atoms with van der Waals surface area (Å²) < 4.78 is 6.77. The summed E-state index contributed by atoms with van der Waals surface area (Å²) in [5.41, 5.74) is 6.12. The zero-order valence-electron chi connectivity index (χ0n) is 8.58. The first-order chi connectivity index (χ1) is 7.74. The molecule has 6 heteroatoms. The van der Waals surface area contributed by atoms with Crippen LogP contribution >= 0.6 is 0 Å². The Bertz CT molecular complexity index is 555. The first-order valence-electron chi connectivity index (χ1n) is 4.46. The van der Waals surface area contributed by atoms with Gasteiger partial charge in [0.2, 0.25) is 0 Å². The maximum absolute atomic E-state index is 6.83. The van der Waals surface area contributed by atoms with E-state index in [-0.39, 0.29) is 0 Å². The molecule has 0 atom stereocenters. The van der Waals surface area contributed by atoms with E-state index in [1.807, 2.05) is 0 Å². The molecule has 0 unspecified atom stereocenters. The van der Waals surface area contributed by atoms with Crippen LogP contribution in [0.1, 0.15) is 0 Å². The summed E-state index contributed by atoms with van der Waals surface area (Å²) in [6.45, 7) is 6.83. The Morgan fingerprint density at radius 2 is 2.31 bits per heavy atom. The number of aromatic nitrogens is 3. The van der Waals surface area contributed by atoms with Gasteiger partial charge in [-0.05, 0) is 0 Å². The van der Waals surface area contributed by atoms with Crippen molar-refractivity contribution in [1.29, 1.82) is 0 Å². The normalized spacial score (nSPS) is 9.75. The average molecular weight is 215 g/mol. The molecule has 0 aliphatic carbocycles. The molecule has 0 aliphatic rings. The number of hydrogen-bond donors (Lipinski definition) is 1. The van der Waals surface area contributed by atoms with Crippen molar-refractivity contribution in [2.24, 2.45) is 0 Å². The van der Waals surface area contributed by atoms with Gasteiger partial charge in [-0.3, -0.25) is 4.57 Å². The summed E-state index contributed by atoms with van der Waals surface area (Å²) in [7, 11) is 1.53. The lowest BCUT2D eigenvalue weighted by Crippen LogP contribution is -2.00. The lowest BCUT2D eigenvalue weighted by Gasteiger charge is -2.07. The van der Waals surface area contributed by atoms with Crippen LogP contribution in [0.5, 0.6) is 5.75 Å². The summed E-state index contributed by atoms with van der Waals surface area (Å²) >= 11 is 0. The molecule has 2 N–H and O–H groups in total. The van der Waals surface area contributed by atoms with Gasteiger partial charge in [0, 0.05) is 12.3 Å². The van der Waals surface area contributed by atoms with Crippen LogP contribution < -0.4 is 10.5 Å². The molecule has 0 amide bonds. The highest BCUT2D eigenvalue weighted by Crippen LogP contribution is 2.23.